The standard InChI is InChI=1S/C19H24N4/c1-18(2,3)15-10-13(23-17-14(15)6-9-21-17)11-19(4,5)16-7-8-20-12-22-16/h6-10,12H,11H2,1-5H3,(H,21,23). The fourth-order valence-electron chi connectivity index (χ4n) is 3.04. The van der Waals surface area contributed by atoms with Crippen molar-refractivity contribution in [3.05, 3.63) is 53.9 Å². The summed E-state index contributed by atoms with van der Waals surface area (Å²) in [6, 6.07) is 6.35. The molecule has 0 aliphatic heterocycles. The lowest BCUT2D eigenvalue weighted by Crippen LogP contribution is -2.23. The molecule has 0 aliphatic rings. The molecule has 3 aromatic heterocycles. The molecule has 0 saturated carbocycles. The maximum atomic E-state index is 4.82. The lowest BCUT2D eigenvalue weighted by molar-refractivity contribution is 0.496. The van der Waals surface area contributed by atoms with E-state index in [1.165, 1.54) is 10.9 Å². The molecule has 0 unspecified atom stereocenters. The van der Waals surface area contributed by atoms with Crippen LogP contribution in [0.5, 0.6) is 0 Å². The Morgan fingerprint density at radius 2 is 1.87 bits per heavy atom. The summed E-state index contributed by atoms with van der Waals surface area (Å²) in [4.78, 5) is 16.5. The Morgan fingerprint density at radius 3 is 2.52 bits per heavy atom. The van der Waals surface area contributed by atoms with E-state index in [2.05, 4.69) is 61.7 Å². The largest absolute Gasteiger partial charge is 0.346 e. The van der Waals surface area contributed by atoms with Crippen LogP contribution >= 0.6 is 0 Å². The first-order valence-electron chi connectivity index (χ1n) is 8.01. The van der Waals surface area contributed by atoms with E-state index in [0.29, 0.717) is 0 Å². The maximum absolute atomic E-state index is 4.82. The van der Waals surface area contributed by atoms with Crippen LogP contribution in [0.4, 0.5) is 0 Å². The average molecular weight is 308 g/mol. The van der Waals surface area contributed by atoms with Crippen molar-refractivity contribution in [1.29, 1.82) is 0 Å². The fraction of sp³-hybridized carbons (Fsp3) is 0.421. The number of aromatic nitrogens is 4. The summed E-state index contributed by atoms with van der Waals surface area (Å²) in [5, 5.41) is 1.21. The Bertz CT molecular complexity index is 810. The van der Waals surface area contributed by atoms with E-state index in [1.807, 2.05) is 12.3 Å². The second-order valence-corrected chi connectivity index (χ2v) is 7.81. The van der Waals surface area contributed by atoms with Gasteiger partial charge >= 0.3 is 0 Å². The third-order valence-corrected chi connectivity index (χ3v) is 4.29. The predicted octanol–water partition coefficient (Wildman–Crippen LogP) is 4.17. The lowest BCUT2D eigenvalue weighted by atomic mass is 9.81. The number of rotatable bonds is 3. The van der Waals surface area contributed by atoms with Crippen molar-refractivity contribution in [2.24, 2.45) is 0 Å². The Kier molecular flexibility index (Phi) is 3.71. The summed E-state index contributed by atoms with van der Waals surface area (Å²) in [6.45, 7) is 11.1. The van der Waals surface area contributed by atoms with E-state index in [4.69, 9.17) is 4.98 Å². The van der Waals surface area contributed by atoms with Crippen LogP contribution in [0.2, 0.25) is 0 Å². The molecule has 0 saturated heterocycles. The Hall–Kier alpha value is -2.23. The number of nitrogens with one attached hydrogen (secondary N) is 1. The first kappa shape index (κ1) is 15.7. The van der Waals surface area contributed by atoms with Crippen molar-refractivity contribution in [3.63, 3.8) is 0 Å². The normalized spacial score (nSPS) is 12.7. The fourth-order valence-corrected chi connectivity index (χ4v) is 3.04. The zero-order valence-electron chi connectivity index (χ0n) is 14.5. The molecule has 0 aromatic carbocycles. The number of aromatic amines is 1. The third-order valence-electron chi connectivity index (χ3n) is 4.29. The quantitative estimate of drug-likeness (QED) is 0.790. The minimum atomic E-state index is -0.0919. The molecule has 23 heavy (non-hydrogen) atoms. The molecule has 4 nitrogen and oxygen atoms in total. The minimum Gasteiger partial charge on any atom is -0.346 e. The van der Waals surface area contributed by atoms with Gasteiger partial charge in [0.2, 0.25) is 0 Å². The SMILES string of the molecule is CC(C)(C)c1cc(CC(C)(C)c2ccncn2)nc2[nH]ccc12. The highest BCUT2D eigenvalue weighted by molar-refractivity contribution is 5.80. The van der Waals surface area contributed by atoms with Gasteiger partial charge in [-0.15, -0.1) is 0 Å². The smallest absolute Gasteiger partial charge is 0.137 e. The van der Waals surface area contributed by atoms with Gasteiger partial charge in [-0.05, 0) is 29.2 Å². The lowest BCUT2D eigenvalue weighted by Gasteiger charge is -2.25. The van der Waals surface area contributed by atoms with Gasteiger partial charge in [-0.25, -0.2) is 15.0 Å². The summed E-state index contributed by atoms with van der Waals surface area (Å²) in [5.74, 6) is 0. The highest BCUT2D eigenvalue weighted by Crippen LogP contribution is 2.32. The topological polar surface area (TPSA) is 54.5 Å². The van der Waals surface area contributed by atoms with Crippen molar-refractivity contribution in [3.8, 4) is 0 Å². The van der Waals surface area contributed by atoms with Crippen LogP contribution in [0.1, 0.15) is 51.6 Å². The third kappa shape index (κ3) is 3.11. The van der Waals surface area contributed by atoms with Gasteiger partial charge in [0.05, 0.1) is 0 Å². The van der Waals surface area contributed by atoms with Gasteiger partial charge in [-0.2, -0.15) is 0 Å². The van der Waals surface area contributed by atoms with Crippen molar-refractivity contribution >= 4 is 11.0 Å². The molecule has 1 N–H and O–H groups in total. The zero-order chi connectivity index (χ0) is 16.7. The Labute approximate surface area is 137 Å². The second kappa shape index (κ2) is 5.44. The zero-order valence-corrected chi connectivity index (χ0v) is 14.5. The monoisotopic (exact) mass is 308 g/mol. The van der Waals surface area contributed by atoms with E-state index in [0.717, 1.165) is 23.5 Å². The number of nitrogens with zero attached hydrogens (tertiary/aromatic N) is 3. The van der Waals surface area contributed by atoms with E-state index in [1.54, 1.807) is 12.5 Å². The van der Waals surface area contributed by atoms with E-state index >= 15 is 0 Å². The van der Waals surface area contributed by atoms with Gasteiger partial charge in [0.1, 0.15) is 12.0 Å². The number of hydrogen-bond donors (Lipinski definition) is 1. The van der Waals surface area contributed by atoms with E-state index in [9.17, 15) is 0 Å². The number of fused-ring (bicyclic) bond motifs is 1. The van der Waals surface area contributed by atoms with Crippen LogP contribution in [-0.2, 0) is 17.3 Å². The van der Waals surface area contributed by atoms with Gasteiger partial charge < -0.3 is 4.98 Å². The molecule has 3 heterocycles. The molecule has 0 atom stereocenters. The summed E-state index contributed by atoms with van der Waals surface area (Å²) in [7, 11) is 0. The highest BCUT2D eigenvalue weighted by atomic mass is 14.9. The van der Waals surface area contributed by atoms with Crippen LogP contribution in [0.25, 0.3) is 11.0 Å². The van der Waals surface area contributed by atoms with Crippen LogP contribution in [0.3, 0.4) is 0 Å². The Balaban J connectivity index is 2.04. The molecular formula is C19H24N4. The van der Waals surface area contributed by atoms with Crippen LogP contribution < -0.4 is 0 Å². The Morgan fingerprint density at radius 1 is 1.09 bits per heavy atom. The molecular weight excluding hydrogens is 284 g/mol. The van der Waals surface area contributed by atoms with Crippen LogP contribution in [0.15, 0.2) is 36.9 Å². The summed E-state index contributed by atoms with van der Waals surface area (Å²) in [6.07, 6.45) is 6.21. The first-order valence-corrected chi connectivity index (χ1v) is 8.01. The van der Waals surface area contributed by atoms with Gasteiger partial charge in [-0.3, -0.25) is 0 Å². The summed E-state index contributed by atoms with van der Waals surface area (Å²) in [5.41, 5.74) is 4.41. The number of pyridine rings is 1. The molecule has 0 fully saturated rings. The first-order chi connectivity index (χ1) is 10.8. The summed E-state index contributed by atoms with van der Waals surface area (Å²) < 4.78 is 0. The molecule has 0 aliphatic carbocycles. The average Bonchev–Trinajstić information content (AvgIpc) is 2.94. The predicted molar refractivity (Wildman–Crippen MR) is 93.6 cm³/mol. The molecule has 4 heteroatoms. The van der Waals surface area contributed by atoms with Gasteiger partial charge in [0.25, 0.3) is 0 Å². The molecule has 3 aromatic rings. The van der Waals surface area contributed by atoms with Crippen LogP contribution in [-0.4, -0.2) is 19.9 Å². The molecule has 0 bridgehead atoms. The number of H-pyrrole nitrogens is 1. The van der Waals surface area contributed by atoms with Gasteiger partial charge in [0, 0.05) is 41.0 Å². The number of hydrogen-bond acceptors (Lipinski definition) is 3. The van der Waals surface area contributed by atoms with E-state index in [-0.39, 0.29) is 10.8 Å². The maximum Gasteiger partial charge on any atom is 0.137 e. The highest BCUT2D eigenvalue weighted by Gasteiger charge is 2.25. The minimum absolute atomic E-state index is 0.0805. The summed E-state index contributed by atoms with van der Waals surface area (Å²) >= 11 is 0. The van der Waals surface area contributed by atoms with Crippen molar-refractivity contribution in [1.82, 2.24) is 19.9 Å². The molecule has 0 spiro atoms. The second-order valence-electron chi connectivity index (χ2n) is 7.81. The van der Waals surface area contributed by atoms with Crippen molar-refractivity contribution < 1.29 is 0 Å². The molecule has 0 radical (unpaired) electrons. The van der Waals surface area contributed by atoms with Crippen LogP contribution in [0, 0.1) is 0 Å². The molecule has 0 amide bonds. The van der Waals surface area contributed by atoms with Gasteiger partial charge in [-0.1, -0.05) is 34.6 Å². The molecule has 3 rings (SSSR count). The molecule has 120 valence electrons. The van der Waals surface area contributed by atoms with Crippen molar-refractivity contribution in [2.45, 2.75) is 51.9 Å². The van der Waals surface area contributed by atoms with E-state index < -0.39 is 0 Å². The van der Waals surface area contributed by atoms with Gasteiger partial charge in [0.15, 0.2) is 0 Å². The van der Waals surface area contributed by atoms with Crippen molar-refractivity contribution in [2.75, 3.05) is 0 Å².